The number of benzene rings is 2. The number of ether oxygens (including phenoxy) is 2. The molecule has 0 saturated carbocycles. The molecule has 6 heteroatoms. The molecular formula is C22H24N4O2. The third-order valence-corrected chi connectivity index (χ3v) is 4.43. The number of aryl methyl sites for hydroxylation is 1. The highest BCUT2D eigenvalue weighted by Gasteiger charge is 2.11. The fourth-order valence-corrected chi connectivity index (χ4v) is 3.04. The monoisotopic (exact) mass is 376 g/mol. The van der Waals surface area contributed by atoms with Gasteiger partial charge in [-0.15, -0.1) is 0 Å². The van der Waals surface area contributed by atoms with Crippen molar-refractivity contribution in [3.63, 3.8) is 0 Å². The molecule has 1 aromatic heterocycles. The largest absolute Gasteiger partial charge is 0.493 e. The molecular weight excluding hydrogens is 352 g/mol. The van der Waals surface area contributed by atoms with Crippen molar-refractivity contribution in [3.05, 3.63) is 65.9 Å². The summed E-state index contributed by atoms with van der Waals surface area (Å²) in [5, 5.41) is 17.0. The number of nitrogens with zero attached hydrogens (tertiary/aromatic N) is 3. The van der Waals surface area contributed by atoms with E-state index >= 15 is 0 Å². The van der Waals surface area contributed by atoms with Crippen LogP contribution in [0, 0.1) is 11.3 Å². The fraction of sp³-hybridized carbons (Fsp3) is 0.273. The Labute approximate surface area is 165 Å². The van der Waals surface area contributed by atoms with E-state index in [0.717, 1.165) is 33.9 Å². The highest BCUT2D eigenvalue weighted by molar-refractivity contribution is 5.62. The number of hydrogen-bond acceptors (Lipinski definition) is 5. The van der Waals surface area contributed by atoms with Crippen LogP contribution in [-0.4, -0.2) is 24.0 Å². The molecule has 1 N–H and O–H groups in total. The topological polar surface area (TPSA) is 72.1 Å². The van der Waals surface area contributed by atoms with Crippen LogP contribution in [0.5, 0.6) is 11.5 Å². The molecule has 2 aromatic carbocycles. The molecule has 28 heavy (non-hydrogen) atoms. The predicted molar refractivity (Wildman–Crippen MR) is 108 cm³/mol. The number of nitriles is 1. The molecule has 3 aromatic rings. The van der Waals surface area contributed by atoms with Crippen molar-refractivity contribution in [3.8, 4) is 28.8 Å². The van der Waals surface area contributed by atoms with Crippen LogP contribution in [-0.2, 0) is 19.6 Å². The second-order valence-corrected chi connectivity index (χ2v) is 6.33. The zero-order valence-electron chi connectivity index (χ0n) is 16.2. The van der Waals surface area contributed by atoms with Crippen LogP contribution in [0.4, 0.5) is 0 Å². The second-order valence-electron chi connectivity index (χ2n) is 6.33. The Morgan fingerprint density at radius 3 is 2.54 bits per heavy atom. The van der Waals surface area contributed by atoms with Gasteiger partial charge in [0.15, 0.2) is 11.5 Å². The van der Waals surface area contributed by atoms with E-state index < -0.39 is 0 Å². The summed E-state index contributed by atoms with van der Waals surface area (Å²) in [5.74, 6) is 1.44. The van der Waals surface area contributed by atoms with Crippen LogP contribution in [0.2, 0.25) is 0 Å². The van der Waals surface area contributed by atoms with Crippen LogP contribution < -0.4 is 14.8 Å². The molecule has 0 saturated heterocycles. The smallest absolute Gasteiger partial charge is 0.161 e. The summed E-state index contributed by atoms with van der Waals surface area (Å²) in [7, 11) is 3.27. The molecule has 0 bridgehead atoms. The van der Waals surface area contributed by atoms with Gasteiger partial charge in [0.25, 0.3) is 0 Å². The Hall–Kier alpha value is -3.30. The van der Waals surface area contributed by atoms with Gasteiger partial charge in [-0.3, -0.25) is 4.68 Å². The molecule has 0 spiro atoms. The van der Waals surface area contributed by atoms with E-state index in [0.29, 0.717) is 26.1 Å². The Morgan fingerprint density at radius 1 is 1.04 bits per heavy atom. The van der Waals surface area contributed by atoms with Gasteiger partial charge in [0.2, 0.25) is 0 Å². The average molecular weight is 376 g/mol. The Kier molecular flexibility index (Phi) is 6.66. The van der Waals surface area contributed by atoms with E-state index in [1.165, 1.54) is 0 Å². The van der Waals surface area contributed by atoms with E-state index in [9.17, 15) is 0 Å². The van der Waals surface area contributed by atoms with Gasteiger partial charge in [-0.2, -0.15) is 10.4 Å². The van der Waals surface area contributed by atoms with Crippen molar-refractivity contribution in [2.45, 2.75) is 26.1 Å². The summed E-state index contributed by atoms with van der Waals surface area (Å²) in [6.45, 7) is 1.95. The molecule has 0 radical (unpaired) electrons. The van der Waals surface area contributed by atoms with Gasteiger partial charge in [-0.25, -0.2) is 0 Å². The molecule has 3 rings (SSSR count). The fourth-order valence-electron chi connectivity index (χ4n) is 3.04. The molecule has 6 nitrogen and oxygen atoms in total. The summed E-state index contributed by atoms with van der Waals surface area (Å²) in [6.07, 6.45) is 2.45. The molecule has 0 amide bonds. The summed E-state index contributed by atoms with van der Waals surface area (Å²) >= 11 is 0. The maximum absolute atomic E-state index is 8.85. The normalized spacial score (nSPS) is 10.5. The summed E-state index contributed by atoms with van der Waals surface area (Å²) in [4.78, 5) is 0. The molecule has 0 aliphatic rings. The summed E-state index contributed by atoms with van der Waals surface area (Å²) < 4.78 is 12.5. The molecule has 0 atom stereocenters. The van der Waals surface area contributed by atoms with Gasteiger partial charge >= 0.3 is 0 Å². The molecule has 1 heterocycles. The number of methoxy groups -OCH3 is 2. The lowest BCUT2D eigenvalue weighted by Gasteiger charge is -2.10. The lowest BCUT2D eigenvalue weighted by atomic mass is 10.1. The molecule has 0 aliphatic heterocycles. The first-order chi connectivity index (χ1) is 13.7. The van der Waals surface area contributed by atoms with E-state index in [4.69, 9.17) is 14.7 Å². The third-order valence-electron chi connectivity index (χ3n) is 4.43. The maximum atomic E-state index is 8.85. The van der Waals surface area contributed by atoms with Crippen LogP contribution in [0.3, 0.4) is 0 Å². The highest BCUT2D eigenvalue weighted by atomic mass is 16.5. The third kappa shape index (κ3) is 4.70. The van der Waals surface area contributed by atoms with Gasteiger partial charge in [-0.1, -0.05) is 36.4 Å². The van der Waals surface area contributed by atoms with Crippen LogP contribution in [0.1, 0.15) is 17.5 Å². The van der Waals surface area contributed by atoms with E-state index in [-0.39, 0.29) is 0 Å². The van der Waals surface area contributed by atoms with Gasteiger partial charge in [0, 0.05) is 30.4 Å². The van der Waals surface area contributed by atoms with Crippen molar-refractivity contribution in [1.82, 2.24) is 15.1 Å². The van der Waals surface area contributed by atoms with Gasteiger partial charge in [0.05, 0.1) is 38.9 Å². The zero-order chi connectivity index (χ0) is 19.8. The molecule has 0 aliphatic carbocycles. The number of hydrogen-bond donors (Lipinski definition) is 1. The SMILES string of the molecule is COc1ccc(CNCc2cn(CCC#N)nc2-c2ccccc2)cc1OC. The van der Waals surface area contributed by atoms with Crippen LogP contribution in [0.15, 0.2) is 54.7 Å². The van der Waals surface area contributed by atoms with E-state index in [1.807, 2.05) is 47.3 Å². The molecule has 144 valence electrons. The van der Waals surface area contributed by atoms with Crippen LogP contribution in [0.25, 0.3) is 11.3 Å². The number of rotatable bonds is 9. The van der Waals surface area contributed by atoms with Gasteiger partial charge in [-0.05, 0) is 17.7 Å². The number of aromatic nitrogens is 2. The van der Waals surface area contributed by atoms with Crippen molar-refractivity contribution < 1.29 is 9.47 Å². The number of nitrogens with one attached hydrogen (secondary N) is 1. The highest BCUT2D eigenvalue weighted by Crippen LogP contribution is 2.27. The molecule has 0 unspecified atom stereocenters. The predicted octanol–water partition coefficient (Wildman–Crippen LogP) is 3.77. The standard InChI is InChI=1S/C22H24N4O2/c1-27-20-10-9-17(13-21(20)28-2)14-24-15-19-16-26(12-6-11-23)25-22(19)18-7-4-3-5-8-18/h3-5,7-10,13,16,24H,6,12,14-15H2,1-2H3. The van der Waals surface area contributed by atoms with Gasteiger partial charge in [0.1, 0.15) is 0 Å². The first-order valence-corrected chi connectivity index (χ1v) is 9.15. The summed E-state index contributed by atoms with van der Waals surface area (Å²) in [6, 6.07) is 18.2. The van der Waals surface area contributed by atoms with E-state index in [2.05, 4.69) is 28.6 Å². The average Bonchev–Trinajstić information content (AvgIpc) is 3.15. The van der Waals surface area contributed by atoms with Crippen molar-refractivity contribution in [1.29, 1.82) is 5.26 Å². The Balaban J connectivity index is 1.73. The molecule has 0 fully saturated rings. The minimum absolute atomic E-state index is 0.439. The van der Waals surface area contributed by atoms with E-state index in [1.54, 1.807) is 14.2 Å². The minimum Gasteiger partial charge on any atom is -0.493 e. The first-order valence-electron chi connectivity index (χ1n) is 9.15. The van der Waals surface area contributed by atoms with Crippen molar-refractivity contribution in [2.24, 2.45) is 0 Å². The first kappa shape index (κ1) is 19.5. The Morgan fingerprint density at radius 2 is 1.82 bits per heavy atom. The zero-order valence-corrected chi connectivity index (χ0v) is 16.2. The maximum Gasteiger partial charge on any atom is 0.161 e. The van der Waals surface area contributed by atoms with Crippen molar-refractivity contribution in [2.75, 3.05) is 14.2 Å². The second kappa shape index (κ2) is 9.58. The lowest BCUT2D eigenvalue weighted by Crippen LogP contribution is -2.13. The van der Waals surface area contributed by atoms with Crippen molar-refractivity contribution >= 4 is 0 Å². The van der Waals surface area contributed by atoms with Gasteiger partial charge < -0.3 is 14.8 Å². The minimum atomic E-state index is 0.439. The van der Waals surface area contributed by atoms with Crippen LogP contribution >= 0.6 is 0 Å². The Bertz CT molecular complexity index is 945. The lowest BCUT2D eigenvalue weighted by molar-refractivity contribution is 0.354. The summed E-state index contributed by atoms with van der Waals surface area (Å²) in [5.41, 5.74) is 4.22. The quantitative estimate of drug-likeness (QED) is 0.615.